The summed E-state index contributed by atoms with van der Waals surface area (Å²) < 4.78 is 6.09. The zero-order chi connectivity index (χ0) is 13.8. The highest BCUT2D eigenvalue weighted by molar-refractivity contribution is 5.40. The van der Waals surface area contributed by atoms with E-state index in [-0.39, 0.29) is 6.10 Å². The van der Waals surface area contributed by atoms with E-state index in [9.17, 15) is 0 Å². The molecule has 0 heterocycles. The Morgan fingerprint density at radius 3 is 2.16 bits per heavy atom. The van der Waals surface area contributed by atoms with Crippen molar-refractivity contribution in [2.75, 3.05) is 5.73 Å². The quantitative estimate of drug-likeness (QED) is 0.814. The monoisotopic (exact) mass is 255 g/mol. The Kier molecular flexibility index (Phi) is 4.10. The first-order valence-corrected chi connectivity index (χ1v) is 6.69. The second-order valence-corrected chi connectivity index (χ2v) is 5.12. The highest BCUT2D eigenvalue weighted by Gasteiger charge is 2.11. The third-order valence-corrected chi connectivity index (χ3v) is 3.25. The fourth-order valence-electron chi connectivity index (χ4n) is 2.09. The number of rotatable bonds is 4. The lowest BCUT2D eigenvalue weighted by Gasteiger charge is -2.19. The summed E-state index contributed by atoms with van der Waals surface area (Å²) in [6.45, 7) is 6.41. The van der Waals surface area contributed by atoms with Gasteiger partial charge in [-0.3, -0.25) is 0 Å². The number of hydrogen-bond donors (Lipinski definition) is 1. The molecule has 0 saturated carbocycles. The maximum atomic E-state index is 6.09. The molecule has 0 aliphatic carbocycles. The fraction of sp³-hybridized carbons (Fsp3) is 0.294. The molecule has 100 valence electrons. The molecule has 2 nitrogen and oxygen atoms in total. The lowest BCUT2D eigenvalue weighted by Crippen LogP contribution is -2.05. The number of ether oxygens (including phenoxy) is 1. The normalized spacial score (nSPS) is 12.4. The Bertz CT molecular complexity index is 531. The third-order valence-electron chi connectivity index (χ3n) is 3.25. The maximum absolute atomic E-state index is 6.09. The van der Waals surface area contributed by atoms with Gasteiger partial charge in [-0.1, -0.05) is 44.2 Å². The molecule has 0 saturated heterocycles. The summed E-state index contributed by atoms with van der Waals surface area (Å²) in [5, 5.41) is 0. The van der Waals surface area contributed by atoms with Crippen molar-refractivity contribution in [2.24, 2.45) is 0 Å². The van der Waals surface area contributed by atoms with Gasteiger partial charge in [0.05, 0.1) is 0 Å². The molecule has 1 atom stereocenters. The van der Waals surface area contributed by atoms with Gasteiger partial charge in [0.1, 0.15) is 11.9 Å². The van der Waals surface area contributed by atoms with Gasteiger partial charge >= 0.3 is 0 Å². The summed E-state index contributed by atoms with van der Waals surface area (Å²) in [7, 11) is 0. The topological polar surface area (TPSA) is 35.2 Å². The average molecular weight is 255 g/mol. The molecule has 0 amide bonds. The molecule has 2 aromatic carbocycles. The summed E-state index contributed by atoms with van der Waals surface area (Å²) in [4.78, 5) is 0. The molecule has 0 radical (unpaired) electrons. The van der Waals surface area contributed by atoms with Crippen molar-refractivity contribution in [3.8, 4) is 5.75 Å². The smallest absolute Gasteiger partial charge is 0.123 e. The number of para-hydroxylation sites is 1. The number of nitrogens with two attached hydrogens (primary N) is 1. The van der Waals surface area contributed by atoms with Crippen LogP contribution in [0.3, 0.4) is 0 Å². The van der Waals surface area contributed by atoms with Gasteiger partial charge in [-0.25, -0.2) is 0 Å². The van der Waals surface area contributed by atoms with Gasteiger partial charge in [0.2, 0.25) is 0 Å². The second-order valence-electron chi connectivity index (χ2n) is 5.12. The van der Waals surface area contributed by atoms with E-state index >= 15 is 0 Å². The SMILES string of the molecule is CC(C)c1ccccc1OC(C)c1ccc(N)cc1. The molecule has 1 unspecified atom stereocenters. The Balaban J connectivity index is 2.19. The van der Waals surface area contributed by atoms with Crippen LogP contribution in [0, 0.1) is 0 Å². The standard InChI is InChI=1S/C17H21NO/c1-12(2)16-6-4-5-7-17(16)19-13(3)14-8-10-15(18)11-9-14/h4-13H,18H2,1-3H3. The highest BCUT2D eigenvalue weighted by atomic mass is 16.5. The Morgan fingerprint density at radius 1 is 0.895 bits per heavy atom. The van der Waals surface area contributed by atoms with E-state index in [0.29, 0.717) is 5.92 Å². The highest BCUT2D eigenvalue weighted by Crippen LogP contribution is 2.30. The van der Waals surface area contributed by atoms with Crippen LogP contribution < -0.4 is 10.5 Å². The summed E-state index contributed by atoms with van der Waals surface area (Å²) in [5.41, 5.74) is 8.85. The molecule has 19 heavy (non-hydrogen) atoms. The van der Waals surface area contributed by atoms with Crippen LogP contribution in [-0.2, 0) is 0 Å². The number of hydrogen-bond acceptors (Lipinski definition) is 2. The van der Waals surface area contributed by atoms with Gasteiger partial charge in [0.15, 0.2) is 0 Å². The van der Waals surface area contributed by atoms with Gasteiger partial charge < -0.3 is 10.5 Å². The van der Waals surface area contributed by atoms with Gasteiger partial charge in [-0.15, -0.1) is 0 Å². The van der Waals surface area contributed by atoms with E-state index < -0.39 is 0 Å². The summed E-state index contributed by atoms with van der Waals surface area (Å²) >= 11 is 0. The van der Waals surface area contributed by atoms with Gasteiger partial charge in [0.25, 0.3) is 0 Å². The molecule has 2 aromatic rings. The first-order chi connectivity index (χ1) is 9.08. The molecule has 2 N–H and O–H groups in total. The lowest BCUT2D eigenvalue weighted by atomic mass is 10.0. The predicted molar refractivity (Wildman–Crippen MR) is 80.4 cm³/mol. The largest absolute Gasteiger partial charge is 0.486 e. The number of benzene rings is 2. The van der Waals surface area contributed by atoms with Crippen LogP contribution in [0.25, 0.3) is 0 Å². The van der Waals surface area contributed by atoms with Crippen molar-refractivity contribution in [2.45, 2.75) is 32.8 Å². The van der Waals surface area contributed by atoms with Crippen LogP contribution in [0.2, 0.25) is 0 Å². The van der Waals surface area contributed by atoms with E-state index in [2.05, 4.69) is 32.9 Å². The summed E-state index contributed by atoms with van der Waals surface area (Å²) in [5.74, 6) is 1.41. The molecule has 2 rings (SSSR count). The van der Waals surface area contributed by atoms with Crippen molar-refractivity contribution in [1.29, 1.82) is 0 Å². The molecule has 2 heteroatoms. The van der Waals surface area contributed by atoms with Crippen LogP contribution in [0.4, 0.5) is 5.69 Å². The minimum absolute atomic E-state index is 0.0144. The van der Waals surface area contributed by atoms with Crippen LogP contribution in [0.5, 0.6) is 5.75 Å². The van der Waals surface area contributed by atoms with E-state index in [4.69, 9.17) is 10.5 Å². The van der Waals surface area contributed by atoms with E-state index in [1.807, 2.05) is 36.4 Å². The maximum Gasteiger partial charge on any atom is 0.123 e. The summed E-state index contributed by atoms with van der Waals surface area (Å²) in [6, 6.07) is 16.1. The Hall–Kier alpha value is -1.96. The first-order valence-electron chi connectivity index (χ1n) is 6.69. The number of anilines is 1. The van der Waals surface area contributed by atoms with E-state index in [0.717, 1.165) is 17.0 Å². The Labute approximate surface area is 115 Å². The first kappa shape index (κ1) is 13.5. The molecule has 0 spiro atoms. The van der Waals surface area contributed by atoms with Gasteiger partial charge in [0, 0.05) is 5.69 Å². The minimum Gasteiger partial charge on any atom is -0.486 e. The molecular formula is C17H21NO. The third kappa shape index (κ3) is 3.28. The second kappa shape index (κ2) is 5.79. The predicted octanol–water partition coefficient (Wildman–Crippen LogP) is 4.53. The molecule has 0 fully saturated rings. The molecule has 0 bridgehead atoms. The lowest BCUT2D eigenvalue weighted by molar-refractivity contribution is 0.224. The van der Waals surface area contributed by atoms with Crippen molar-refractivity contribution in [1.82, 2.24) is 0 Å². The van der Waals surface area contributed by atoms with Gasteiger partial charge in [-0.05, 0) is 42.2 Å². The molecule has 0 aliphatic heterocycles. The van der Waals surface area contributed by atoms with E-state index in [1.54, 1.807) is 0 Å². The van der Waals surface area contributed by atoms with Crippen molar-refractivity contribution in [3.63, 3.8) is 0 Å². The van der Waals surface area contributed by atoms with E-state index in [1.165, 1.54) is 5.56 Å². The fourth-order valence-corrected chi connectivity index (χ4v) is 2.09. The zero-order valence-corrected chi connectivity index (χ0v) is 11.8. The molecular weight excluding hydrogens is 234 g/mol. The van der Waals surface area contributed by atoms with Crippen LogP contribution in [0.1, 0.15) is 43.9 Å². The van der Waals surface area contributed by atoms with Crippen LogP contribution in [-0.4, -0.2) is 0 Å². The average Bonchev–Trinajstić information content (AvgIpc) is 2.39. The molecule has 0 aromatic heterocycles. The van der Waals surface area contributed by atoms with Crippen LogP contribution >= 0.6 is 0 Å². The van der Waals surface area contributed by atoms with Crippen molar-refractivity contribution in [3.05, 3.63) is 59.7 Å². The van der Waals surface area contributed by atoms with Gasteiger partial charge in [-0.2, -0.15) is 0 Å². The summed E-state index contributed by atoms with van der Waals surface area (Å²) in [6.07, 6.45) is 0.0144. The zero-order valence-electron chi connectivity index (χ0n) is 11.8. The van der Waals surface area contributed by atoms with Crippen molar-refractivity contribution < 1.29 is 4.74 Å². The van der Waals surface area contributed by atoms with Crippen molar-refractivity contribution >= 4 is 5.69 Å². The van der Waals surface area contributed by atoms with Crippen LogP contribution in [0.15, 0.2) is 48.5 Å². The minimum atomic E-state index is 0.0144. The Morgan fingerprint density at radius 2 is 1.53 bits per heavy atom. The number of nitrogen functional groups attached to an aromatic ring is 1. The molecule has 0 aliphatic rings.